The lowest BCUT2D eigenvalue weighted by Crippen LogP contribution is -2.17. The molecule has 9 heteroatoms. The second kappa shape index (κ2) is 6.64. The summed E-state index contributed by atoms with van der Waals surface area (Å²) in [7, 11) is -2.08. The van der Waals surface area contributed by atoms with Crippen molar-refractivity contribution < 1.29 is 23.1 Å². The molecule has 1 aliphatic carbocycles. The zero-order valence-electron chi connectivity index (χ0n) is 14.8. The van der Waals surface area contributed by atoms with E-state index in [9.17, 15) is 13.2 Å². The van der Waals surface area contributed by atoms with Crippen molar-refractivity contribution in [3.05, 3.63) is 35.2 Å². The molecule has 0 radical (unpaired) electrons. The van der Waals surface area contributed by atoms with E-state index >= 15 is 0 Å². The van der Waals surface area contributed by atoms with Crippen molar-refractivity contribution in [1.29, 1.82) is 0 Å². The number of carboxylic acid groups (broad SMARTS) is 1. The van der Waals surface area contributed by atoms with E-state index in [1.54, 1.807) is 31.6 Å². The fourth-order valence-electron chi connectivity index (χ4n) is 3.02. The second-order valence-corrected chi connectivity index (χ2v) is 8.11. The number of carboxylic acids is 1. The number of sulfonamides is 1. The Morgan fingerprint density at radius 3 is 2.69 bits per heavy atom. The molecule has 2 aromatic rings. The third kappa shape index (κ3) is 3.52. The van der Waals surface area contributed by atoms with Crippen LogP contribution in [0.25, 0.3) is 0 Å². The lowest BCUT2D eigenvalue weighted by atomic mass is 10.1. The van der Waals surface area contributed by atoms with Crippen LogP contribution < -0.4 is 9.46 Å². The Kier molecular flexibility index (Phi) is 4.66. The molecule has 1 fully saturated rings. The van der Waals surface area contributed by atoms with Crippen LogP contribution in [0.15, 0.2) is 23.2 Å². The molecular weight excluding hydrogens is 358 g/mol. The molecule has 1 aromatic heterocycles. The van der Waals surface area contributed by atoms with Crippen LogP contribution in [0, 0.1) is 13.8 Å². The molecule has 0 bridgehead atoms. The zero-order valence-corrected chi connectivity index (χ0v) is 15.6. The van der Waals surface area contributed by atoms with Crippen molar-refractivity contribution in [2.24, 2.45) is 7.05 Å². The van der Waals surface area contributed by atoms with E-state index in [2.05, 4.69) is 9.82 Å². The Balaban J connectivity index is 1.95. The number of rotatable bonds is 7. The molecule has 0 aliphatic heterocycles. The fraction of sp³-hybridized carbons (Fsp3) is 0.412. The SMILES string of the molecule is Cc1ccc(S(=O)(=O)Nc2cnn(C)c2C2CC2)c(C)c1OCC(=O)O. The Morgan fingerprint density at radius 2 is 2.08 bits per heavy atom. The molecule has 2 N–H and O–H groups in total. The molecule has 1 saturated carbocycles. The number of ether oxygens (including phenoxy) is 1. The maximum Gasteiger partial charge on any atom is 0.341 e. The lowest BCUT2D eigenvalue weighted by Gasteiger charge is -2.16. The van der Waals surface area contributed by atoms with Crippen LogP contribution in [0.5, 0.6) is 5.75 Å². The average molecular weight is 379 g/mol. The monoisotopic (exact) mass is 379 g/mol. The molecule has 26 heavy (non-hydrogen) atoms. The molecule has 0 amide bonds. The standard InChI is InChI=1S/C17H21N3O5S/c1-10-4-7-14(11(2)17(10)25-9-15(21)22)26(23,24)19-13-8-18-20(3)16(13)12-5-6-12/h4,7-8,12,19H,5-6,9H2,1-3H3,(H,21,22). The minimum absolute atomic E-state index is 0.0501. The van der Waals surface area contributed by atoms with Gasteiger partial charge >= 0.3 is 5.97 Å². The summed E-state index contributed by atoms with van der Waals surface area (Å²) in [6.07, 6.45) is 3.55. The van der Waals surface area contributed by atoms with Crippen LogP contribution in [-0.4, -0.2) is 35.9 Å². The number of aliphatic carboxylic acids is 1. The topological polar surface area (TPSA) is 111 Å². The van der Waals surface area contributed by atoms with E-state index in [4.69, 9.17) is 9.84 Å². The highest BCUT2D eigenvalue weighted by Gasteiger charge is 2.31. The van der Waals surface area contributed by atoms with Crippen molar-refractivity contribution in [2.45, 2.75) is 37.5 Å². The maximum absolute atomic E-state index is 12.9. The van der Waals surface area contributed by atoms with Gasteiger partial charge in [0, 0.05) is 18.5 Å². The Bertz CT molecular complexity index is 961. The van der Waals surface area contributed by atoms with Crippen molar-refractivity contribution in [3.63, 3.8) is 0 Å². The average Bonchev–Trinajstić information content (AvgIpc) is 3.31. The summed E-state index contributed by atoms with van der Waals surface area (Å²) in [5.74, 6) is -0.530. The summed E-state index contributed by atoms with van der Waals surface area (Å²) in [5.41, 5.74) is 2.39. The van der Waals surface area contributed by atoms with Crippen molar-refractivity contribution >= 4 is 21.7 Å². The highest BCUT2D eigenvalue weighted by atomic mass is 32.2. The van der Waals surface area contributed by atoms with E-state index in [0.29, 0.717) is 22.7 Å². The number of aromatic nitrogens is 2. The summed E-state index contributed by atoms with van der Waals surface area (Å²) >= 11 is 0. The van der Waals surface area contributed by atoms with Gasteiger partial charge < -0.3 is 9.84 Å². The maximum atomic E-state index is 12.9. The molecule has 1 heterocycles. The third-order valence-corrected chi connectivity index (χ3v) is 5.89. The second-order valence-electron chi connectivity index (χ2n) is 6.46. The molecule has 0 unspecified atom stereocenters. The van der Waals surface area contributed by atoms with E-state index in [0.717, 1.165) is 18.5 Å². The molecule has 8 nitrogen and oxygen atoms in total. The first kappa shape index (κ1) is 18.2. The van der Waals surface area contributed by atoms with Crippen LogP contribution in [0.1, 0.15) is 35.6 Å². The van der Waals surface area contributed by atoms with Gasteiger partial charge in [-0.2, -0.15) is 5.10 Å². The lowest BCUT2D eigenvalue weighted by molar-refractivity contribution is -0.139. The van der Waals surface area contributed by atoms with Crippen molar-refractivity contribution in [2.75, 3.05) is 11.3 Å². The fourth-order valence-corrected chi connectivity index (χ4v) is 4.32. The molecule has 1 aliphatic rings. The van der Waals surface area contributed by atoms with Gasteiger partial charge in [0.15, 0.2) is 6.61 Å². The number of benzene rings is 1. The number of nitrogens with zero attached hydrogens (tertiary/aromatic N) is 2. The van der Waals surface area contributed by atoms with Crippen LogP contribution in [0.2, 0.25) is 0 Å². The molecule has 0 saturated heterocycles. The smallest absolute Gasteiger partial charge is 0.341 e. The molecule has 0 spiro atoms. The number of hydrogen-bond acceptors (Lipinski definition) is 5. The normalized spacial score (nSPS) is 14.3. The Morgan fingerprint density at radius 1 is 1.38 bits per heavy atom. The highest BCUT2D eigenvalue weighted by molar-refractivity contribution is 7.92. The molecule has 140 valence electrons. The summed E-state index contributed by atoms with van der Waals surface area (Å²) in [4.78, 5) is 10.8. The van der Waals surface area contributed by atoms with Crippen LogP contribution >= 0.6 is 0 Å². The van der Waals surface area contributed by atoms with Gasteiger partial charge in [-0.3, -0.25) is 9.40 Å². The summed E-state index contributed by atoms with van der Waals surface area (Å²) in [6, 6.07) is 3.09. The number of anilines is 1. The van der Waals surface area contributed by atoms with Crippen LogP contribution in [0.4, 0.5) is 5.69 Å². The van der Waals surface area contributed by atoms with Gasteiger partial charge in [0.2, 0.25) is 0 Å². The number of aryl methyl sites for hydroxylation is 2. The number of hydrogen-bond donors (Lipinski definition) is 2. The Hall–Kier alpha value is -2.55. The van der Waals surface area contributed by atoms with E-state index in [1.807, 2.05) is 0 Å². The first-order valence-electron chi connectivity index (χ1n) is 8.20. The van der Waals surface area contributed by atoms with E-state index in [-0.39, 0.29) is 10.6 Å². The Labute approximate surface area is 151 Å². The molecule has 0 atom stereocenters. The first-order valence-corrected chi connectivity index (χ1v) is 9.68. The van der Waals surface area contributed by atoms with Gasteiger partial charge in [0.05, 0.1) is 22.5 Å². The van der Waals surface area contributed by atoms with Gasteiger partial charge in [-0.05, 0) is 38.3 Å². The van der Waals surface area contributed by atoms with Gasteiger partial charge in [-0.1, -0.05) is 6.07 Å². The number of nitrogens with one attached hydrogen (secondary N) is 1. The predicted octanol–water partition coefficient (Wildman–Crippen LogP) is 2.18. The van der Waals surface area contributed by atoms with Gasteiger partial charge in [0.1, 0.15) is 5.75 Å². The summed E-state index contributed by atoms with van der Waals surface area (Å²) < 4.78 is 35.4. The predicted molar refractivity (Wildman–Crippen MR) is 95.0 cm³/mol. The van der Waals surface area contributed by atoms with Crippen molar-refractivity contribution in [3.8, 4) is 5.75 Å². The molecule has 1 aromatic carbocycles. The van der Waals surface area contributed by atoms with E-state index < -0.39 is 22.6 Å². The molecular formula is C17H21N3O5S. The summed E-state index contributed by atoms with van der Waals surface area (Å²) in [6.45, 7) is 2.80. The van der Waals surface area contributed by atoms with Crippen molar-refractivity contribution in [1.82, 2.24) is 9.78 Å². The van der Waals surface area contributed by atoms with Crippen LogP contribution in [-0.2, 0) is 21.9 Å². The summed E-state index contributed by atoms with van der Waals surface area (Å²) in [5, 5.41) is 13.0. The molecule has 3 rings (SSSR count). The first-order chi connectivity index (χ1) is 12.2. The van der Waals surface area contributed by atoms with Crippen LogP contribution in [0.3, 0.4) is 0 Å². The third-order valence-electron chi connectivity index (χ3n) is 4.38. The number of carbonyl (C=O) groups is 1. The largest absolute Gasteiger partial charge is 0.481 e. The van der Waals surface area contributed by atoms with Gasteiger partial charge in [-0.25, -0.2) is 13.2 Å². The quantitative estimate of drug-likeness (QED) is 0.763. The van der Waals surface area contributed by atoms with Gasteiger partial charge in [-0.15, -0.1) is 0 Å². The minimum atomic E-state index is -3.87. The van der Waals surface area contributed by atoms with E-state index in [1.165, 1.54) is 12.3 Å². The highest BCUT2D eigenvalue weighted by Crippen LogP contribution is 2.43. The van der Waals surface area contributed by atoms with Gasteiger partial charge in [0.25, 0.3) is 10.0 Å². The zero-order chi connectivity index (χ0) is 19.1. The minimum Gasteiger partial charge on any atom is -0.481 e.